The van der Waals surface area contributed by atoms with E-state index in [0.717, 1.165) is 33.6 Å². The van der Waals surface area contributed by atoms with E-state index in [1.807, 2.05) is 61.5 Å². The first-order valence-electron chi connectivity index (χ1n) is 7.95. The molecule has 0 fully saturated rings. The molecule has 1 aromatic heterocycles. The summed E-state index contributed by atoms with van der Waals surface area (Å²) in [6.07, 6.45) is 1.12. The number of amides is 1. The molecular weight excluding hydrogens is 300 g/mol. The van der Waals surface area contributed by atoms with Crippen molar-refractivity contribution in [3.05, 3.63) is 65.9 Å². The van der Waals surface area contributed by atoms with Gasteiger partial charge in [-0.25, -0.2) is 0 Å². The minimum absolute atomic E-state index is 0.00102. The molecule has 0 bridgehead atoms. The van der Waals surface area contributed by atoms with Gasteiger partial charge in [-0.05, 0) is 55.3 Å². The molecule has 0 aliphatic rings. The molecule has 0 saturated carbocycles. The lowest BCUT2D eigenvalue weighted by Gasteiger charge is -2.09. The fourth-order valence-corrected chi connectivity index (χ4v) is 2.63. The average Bonchev–Trinajstić information content (AvgIpc) is 2.60. The molecule has 0 unspecified atom stereocenters. The number of methoxy groups -OCH3 is 1. The van der Waals surface area contributed by atoms with Crippen molar-refractivity contribution in [2.24, 2.45) is 0 Å². The number of aryl methyl sites for hydroxylation is 2. The molecular formula is C20H20N2O2. The number of fused-ring (bicyclic) bond motifs is 1. The summed E-state index contributed by atoms with van der Waals surface area (Å²) < 4.78 is 5.14. The number of rotatable bonds is 5. The van der Waals surface area contributed by atoms with Crippen LogP contribution in [0.1, 0.15) is 17.7 Å². The maximum Gasteiger partial charge on any atom is 0.224 e. The maximum atomic E-state index is 12.3. The molecule has 3 rings (SSSR count). The first-order chi connectivity index (χ1) is 11.7. The van der Waals surface area contributed by atoms with Crippen molar-refractivity contribution in [2.75, 3.05) is 12.4 Å². The molecule has 4 heteroatoms. The van der Waals surface area contributed by atoms with Crippen LogP contribution in [0.25, 0.3) is 10.9 Å². The van der Waals surface area contributed by atoms with E-state index < -0.39 is 0 Å². The van der Waals surface area contributed by atoms with Crippen LogP contribution in [0, 0.1) is 6.92 Å². The third-order valence-electron chi connectivity index (χ3n) is 3.94. The summed E-state index contributed by atoms with van der Waals surface area (Å²) in [4.78, 5) is 16.8. The third kappa shape index (κ3) is 3.71. The third-order valence-corrected chi connectivity index (χ3v) is 3.94. The van der Waals surface area contributed by atoms with E-state index in [-0.39, 0.29) is 5.91 Å². The summed E-state index contributed by atoms with van der Waals surface area (Å²) in [5, 5.41) is 3.95. The second-order valence-corrected chi connectivity index (χ2v) is 5.72. The normalized spacial score (nSPS) is 10.6. The molecule has 3 aromatic rings. The second kappa shape index (κ2) is 7.13. The molecule has 0 aliphatic heterocycles. The Labute approximate surface area is 141 Å². The van der Waals surface area contributed by atoms with Gasteiger partial charge in [0.2, 0.25) is 5.91 Å². The second-order valence-electron chi connectivity index (χ2n) is 5.72. The average molecular weight is 320 g/mol. The van der Waals surface area contributed by atoms with Crippen molar-refractivity contribution in [2.45, 2.75) is 19.8 Å². The Morgan fingerprint density at radius 2 is 1.88 bits per heavy atom. The molecule has 2 aromatic carbocycles. The van der Waals surface area contributed by atoms with Crippen LogP contribution < -0.4 is 10.1 Å². The molecule has 0 atom stereocenters. The van der Waals surface area contributed by atoms with Crippen LogP contribution >= 0.6 is 0 Å². The Morgan fingerprint density at radius 1 is 1.08 bits per heavy atom. The highest BCUT2D eigenvalue weighted by Gasteiger charge is 2.07. The SMILES string of the molecule is COc1ccc(CCC(=O)Nc2cccc3nc(C)ccc23)cc1. The van der Waals surface area contributed by atoms with Crippen LogP contribution in [-0.2, 0) is 11.2 Å². The number of benzene rings is 2. The van der Waals surface area contributed by atoms with Crippen LogP contribution in [0.3, 0.4) is 0 Å². The lowest BCUT2D eigenvalue weighted by atomic mass is 10.1. The monoisotopic (exact) mass is 320 g/mol. The van der Waals surface area contributed by atoms with Crippen LogP contribution in [0.2, 0.25) is 0 Å². The van der Waals surface area contributed by atoms with Crippen molar-refractivity contribution in [3.8, 4) is 5.75 Å². The van der Waals surface area contributed by atoms with Gasteiger partial charge >= 0.3 is 0 Å². The maximum absolute atomic E-state index is 12.3. The van der Waals surface area contributed by atoms with Gasteiger partial charge in [0.25, 0.3) is 0 Å². The van der Waals surface area contributed by atoms with Gasteiger partial charge in [-0.2, -0.15) is 0 Å². The number of carbonyl (C=O) groups is 1. The summed E-state index contributed by atoms with van der Waals surface area (Å²) in [5.41, 5.74) is 3.77. The van der Waals surface area contributed by atoms with Crippen molar-refractivity contribution in [1.29, 1.82) is 0 Å². The van der Waals surface area contributed by atoms with Gasteiger partial charge in [0.15, 0.2) is 0 Å². The summed E-state index contributed by atoms with van der Waals surface area (Å²) in [6, 6.07) is 17.5. The molecule has 1 N–H and O–H groups in total. The van der Waals surface area contributed by atoms with E-state index in [1.54, 1.807) is 7.11 Å². The van der Waals surface area contributed by atoms with Crippen molar-refractivity contribution in [1.82, 2.24) is 4.98 Å². The molecule has 0 saturated heterocycles. The highest BCUT2D eigenvalue weighted by atomic mass is 16.5. The number of ether oxygens (including phenoxy) is 1. The first kappa shape index (κ1) is 16.0. The molecule has 0 radical (unpaired) electrons. The van der Waals surface area contributed by atoms with Crippen molar-refractivity contribution in [3.63, 3.8) is 0 Å². The Bertz CT molecular complexity index is 857. The largest absolute Gasteiger partial charge is 0.497 e. The predicted molar refractivity (Wildman–Crippen MR) is 96.4 cm³/mol. The number of nitrogens with one attached hydrogen (secondary N) is 1. The highest BCUT2D eigenvalue weighted by molar-refractivity contribution is 6.01. The minimum Gasteiger partial charge on any atom is -0.497 e. The minimum atomic E-state index is -0.00102. The topological polar surface area (TPSA) is 51.2 Å². The van der Waals surface area contributed by atoms with Crippen LogP contribution in [-0.4, -0.2) is 18.0 Å². The van der Waals surface area contributed by atoms with Crippen molar-refractivity contribution < 1.29 is 9.53 Å². The lowest BCUT2D eigenvalue weighted by Crippen LogP contribution is -2.12. The van der Waals surface area contributed by atoms with E-state index in [1.165, 1.54) is 0 Å². The van der Waals surface area contributed by atoms with Crippen LogP contribution in [0.4, 0.5) is 5.69 Å². The van der Waals surface area contributed by atoms with E-state index in [9.17, 15) is 4.79 Å². The number of carbonyl (C=O) groups excluding carboxylic acids is 1. The van der Waals surface area contributed by atoms with Crippen LogP contribution in [0.15, 0.2) is 54.6 Å². The Balaban J connectivity index is 1.66. The van der Waals surface area contributed by atoms with Gasteiger partial charge < -0.3 is 10.1 Å². The quantitative estimate of drug-likeness (QED) is 0.769. The molecule has 0 spiro atoms. The summed E-state index contributed by atoms with van der Waals surface area (Å²) in [5.74, 6) is 0.820. The molecule has 122 valence electrons. The summed E-state index contributed by atoms with van der Waals surface area (Å²) >= 11 is 0. The van der Waals surface area contributed by atoms with Gasteiger partial charge in [-0.15, -0.1) is 0 Å². The Morgan fingerprint density at radius 3 is 2.62 bits per heavy atom. The molecule has 4 nitrogen and oxygen atoms in total. The van der Waals surface area contributed by atoms with Gasteiger partial charge in [0.05, 0.1) is 18.3 Å². The van der Waals surface area contributed by atoms with E-state index in [0.29, 0.717) is 12.8 Å². The Kier molecular flexibility index (Phi) is 4.75. The van der Waals surface area contributed by atoms with Gasteiger partial charge in [-0.1, -0.05) is 18.2 Å². The lowest BCUT2D eigenvalue weighted by molar-refractivity contribution is -0.116. The number of aromatic nitrogens is 1. The number of nitrogens with zero attached hydrogens (tertiary/aromatic N) is 1. The molecule has 1 amide bonds. The number of hydrogen-bond donors (Lipinski definition) is 1. The zero-order valence-electron chi connectivity index (χ0n) is 13.9. The number of hydrogen-bond acceptors (Lipinski definition) is 3. The molecule has 1 heterocycles. The van der Waals surface area contributed by atoms with E-state index >= 15 is 0 Å². The molecule has 0 aliphatic carbocycles. The van der Waals surface area contributed by atoms with Crippen LogP contribution in [0.5, 0.6) is 5.75 Å². The molecule has 24 heavy (non-hydrogen) atoms. The predicted octanol–water partition coefficient (Wildman–Crippen LogP) is 4.12. The zero-order valence-corrected chi connectivity index (χ0v) is 13.9. The standard InChI is InChI=1S/C20H20N2O2/c1-14-6-12-17-18(21-14)4-3-5-19(17)22-20(23)13-9-15-7-10-16(24-2)11-8-15/h3-8,10-12H,9,13H2,1-2H3,(H,22,23). The van der Waals surface area contributed by atoms with Gasteiger partial charge in [0, 0.05) is 17.5 Å². The summed E-state index contributed by atoms with van der Waals surface area (Å²) in [7, 11) is 1.64. The number of anilines is 1. The van der Waals surface area contributed by atoms with Gasteiger partial charge in [0.1, 0.15) is 5.75 Å². The zero-order chi connectivity index (χ0) is 16.9. The highest BCUT2D eigenvalue weighted by Crippen LogP contribution is 2.22. The fraction of sp³-hybridized carbons (Fsp3) is 0.200. The number of pyridine rings is 1. The van der Waals surface area contributed by atoms with Crippen molar-refractivity contribution >= 4 is 22.5 Å². The fourth-order valence-electron chi connectivity index (χ4n) is 2.63. The van der Waals surface area contributed by atoms with E-state index in [2.05, 4.69) is 10.3 Å². The summed E-state index contributed by atoms with van der Waals surface area (Å²) in [6.45, 7) is 1.96. The van der Waals surface area contributed by atoms with Gasteiger partial charge in [-0.3, -0.25) is 9.78 Å². The smallest absolute Gasteiger partial charge is 0.224 e. The Hall–Kier alpha value is -2.88. The first-order valence-corrected chi connectivity index (χ1v) is 7.95. The van der Waals surface area contributed by atoms with E-state index in [4.69, 9.17) is 4.74 Å².